The first-order chi connectivity index (χ1) is 8.88. The minimum absolute atomic E-state index is 0.569. The van der Waals surface area contributed by atoms with Crippen molar-refractivity contribution in [1.29, 1.82) is 0 Å². The Labute approximate surface area is 113 Å². The number of nitrogens with zero attached hydrogens (tertiary/aromatic N) is 4. The summed E-state index contributed by atoms with van der Waals surface area (Å²) in [6, 6.07) is 1.99. The number of fused-ring (bicyclic) bond motifs is 1. The van der Waals surface area contributed by atoms with Crippen LogP contribution < -0.4 is 0 Å². The molecule has 0 N–H and O–H groups in total. The third kappa shape index (κ3) is 2.11. The Morgan fingerprint density at radius 2 is 2.22 bits per heavy atom. The summed E-state index contributed by atoms with van der Waals surface area (Å²) in [6.07, 6.45) is 6.23. The largest absolute Gasteiger partial charge is 0.322 e. The van der Waals surface area contributed by atoms with E-state index in [2.05, 4.69) is 19.5 Å². The number of pyridine rings is 1. The lowest BCUT2D eigenvalue weighted by molar-refractivity contribution is 0.762. The molecular weight excluding hydrogens is 268 g/mol. The van der Waals surface area contributed by atoms with Crippen LogP contribution >= 0.6 is 22.9 Å². The van der Waals surface area contributed by atoms with Crippen LogP contribution in [-0.4, -0.2) is 25.4 Å². The lowest BCUT2D eigenvalue weighted by Crippen LogP contribution is -2.04. The van der Waals surface area contributed by atoms with Crippen LogP contribution in [-0.2, 0) is 13.0 Å². The number of aryl methyl sites for hydroxylation is 1. The number of imidazole rings is 1. The van der Waals surface area contributed by atoms with Gasteiger partial charge in [0, 0.05) is 29.6 Å². The highest BCUT2D eigenvalue weighted by Gasteiger charge is 2.11. The zero-order valence-corrected chi connectivity index (χ0v) is 11.2. The molecule has 3 aromatic heterocycles. The van der Waals surface area contributed by atoms with E-state index >= 15 is 0 Å². The first kappa shape index (κ1) is 11.6. The maximum Gasteiger partial charge on any atom is 0.111 e. The van der Waals surface area contributed by atoms with E-state index in [1.807, 2.05) is 17.8 Å². The van der Waals surface area contributed by atoms with Crippen molar-refractivity contribution in [2.24, 2.45) is 0 Å². The molecule has 0 aliphatic heterocycles. The van der Waals surface area contributed by atoms with Crippen LogP contribution in [0.15, 0.2) is 30.2 Å². The predicted octanol–water partition coefficient (Wildman–Crippen LogP) is 2.72. The molecule has 0 saturated carbocycles. The molecule has 92 valence electrons. The van der Waals surface area contributed by atoms with Crippen molar-refractivity contribution in [3.63, 3.8) is 0 Å². The highest BCUT2D eigenvalue weighted by molar-refractivity contribution is 7.09. The van der Waals surface area contributed by atoms with Gasteiger partial charge in [0.25, 0.3) is 0 Å². The number of thiazole rings is 1. The molecule has 0 aliphatic carbocycles. The maximum atomic E-state index is 5.84. The summed E-state index contributed by atoms with van der Waals surface area (Å²) in [5, 5.41) is 0. The molecule has 6 heteroatoms. The molecule has 0 unspecified atom stereocenters. The van der Waals surface area contributed by atoms with Crippen molar-refractivity contribution >= 4 is 34.0 Å². The van der Waals surface area contributed by atoms with Crippen molar-refractivity contribution in [3.8, 4) is 0 Å². The van der Waals surface area contributed by atoms with Crippen LogP contribution in [0.25, 0.3) is 11.0 Å². The average Bonchev–Trinajstić information content (AvgIpc) is 3.00. The molecule has 0 aliphatic rings. The quantitative estimate of drug-likeness (QED) is 0.689. The standard InChI is InChI=1S/C12H11ClN4S/c13-3-1-12-16-10-6-14-4-2-11(10)17(12)7-9-5-15-8-18-9/h2,4-6,8H,1,3,7H2. The van der Waals surface area contributed by atoms with Crippen LogP contribution in [0.3, 0.4) is 0 Å². The van der Waals surface area contributed by atoms with Crippen LogP contribution in [0.2, 0.25) is 0 Å². The zero-order valence-electron chi connectivity index (χ0n) is 9.58. The summed E-state index contributed by atoms with van der Waals surface area (Å²) in [4.78, 5) is 14.0. The second-order valence-corrected chi connectivity index (χ2v) is 5.23. The van der Waals surface area contributed by atoms with E-state index < -0.39 is 0 Å². The second kappa shape index (κ2) is 5.04. The van der Waals surface area contributed by atoms with Gasteiger partial charge >= 0.3 is 0 Å². The van der Waals surface area contributed by atoms with Crippen LogP contribution in [0.4, 0.5) is 0 Å². The molecule has 0 fully saturated rings. The molecule has 0 atom stereocenters. The second-order valence-electron chi connectivity index (χ2n) is 3.89. The van der Waals surface area contributed by atoms with Gasteiger partial charge in [0.2, 0.25) is 0 Å². The summed E-state index contributed by atoms with van der Waals surface area (Å²) in [7, 11) is 0. The molecule has 3 rings (SSSR count). The molecule has 0 radical (unpaired) electrons. The molecule has 3 aromatic rings. The molecule has 18 heavy (non-hydrogen) atoms. The van der Waals surface area contributed by atoms with E-state index in [4.69, 9.17) is 11.6 Å². The minimum atomic E-state index is 0.569. The first-order valence-corrected chi connectivity index (χ1v) is 7.02. The number of rotatable bonds is 4. The average molecular weight is 279 g/mol. The molecule has 0 saturated heterocycles. The van der Waals surface area contributed by atoms with E-state index in [1.165, 1.54) is 4.88 Å². The Balaban J connectivity index is 2.09. The predicted molar refractivity (Wildman–Crippen MR) is 73.2 cm³/mol. The molecule has 0 bridgehead atoms. The zero-order chi connectivity index (χ0) is 12.4. The summed E-state index contributed by atoms with van der Waals surface area (Å²) < 4.78 is 2.19. The van der Waals surface area contributed by atoms with E-state index in [0.717, 1.165) is 29.8 Å². The van der Waals surface area contributed by atoms with Gasteiger partial charge in [-0.2, -0.15) is 0 Å². The molecule has 4 nitrogen and oxygen atoms in total. The monoisotopic (exact) mass is 278 g/mol. The lowest BCUT2D eigenvalue weighted by atomic mass is 10.4. The normalized spacial score (nSPS) is 11.2. The van der Waals surface area contributed by atoms with Crippen molar-refractivity contribution in [2.75, 3.05) is 5.88 Å². The fourth-order valence-electron chi connectivity index (χ4n) is 1.96. The summed E-state index contributed by atoms with van der Waals surface area (Å²) in [6.45, 7) is 0.789. The third-order valence-electron chi connectivity index (χ3n) is 2.75. The van der Waals surface area contributed by atoms with Gasteiger partial charge in [-0.3, -0.25) is 9.97 Å². The van der Waals surface area contributed by atoms with Gasteiger partial charge in [-0.25, -0.2) is 4.98 Å². The van der Waals surface area contributed by atoms with Gasteiger partial charge in [-0.1, -0.05) is 0 Å². The van der Waals surface area contributed by atoms with E-state index in [0.29, 0.717) is 5.88 Å². The van der Waals surface area contributed by atoms with Crippen LogP contribution in [0.5, 0.6) is 0 Å². The Kier molecular flexibility index (Phi) is 3.25. The number of hydrogen-bond acceptors (Lipinski definition) is 4. The van der Waals surface area contributed by atoms with Crippen molar-refractivity contribution in [2.45, 2.75) is 13.0 Å². The fourth-order valence-corrected chi connectivity index (χ4v) is 2.71. The van der Waals surface area contributed by atoms with E-state index in [9.17, 15) is 0 Å². The van der Waals surface area contributed by atoms with Gasteiger partial charge < -0.3 is 4.57 Å². The first-order valence-electron chi connectivity index (χ1n) is 5.61. The minimum Gasteiger partial charge on any atom is -0.322 e. The van der Waals surface area contributed by atoms with Crippen molar-refractivity contribution < 1.29 is 0 Å². The van der Waals surface area contributed by atoms with Gasteiger partial charge in [-0.15, -0.1) is 22.9 Å². The SMILES string of the molecule is ClCCc1nc2cnccc2n1Cc1cncs1. The van der Waals surface area contributed by atoms with Crippen LogP contribution in [0.1, 0.15) is 10.7 Å². The van der Waals surface area contributed by atoms with E-state index in [1.54, 1.807) is 23.7 Å². The lowest BCUT2D eigenvalue weighted by Gasteiger charge is -2.06. The van der Waals surface area contributed by atoms with Gasteiger partial charge in [0.15, 0.2) is 0 Å². The van der Waals surface area contributed by atoms with Crippen molar-refractivity contribution in [3.05, 3.63) is 40.9 Å². The maximum absolute atomic E-state index is 5.84. The van der Waals surface area contributed by atoms with E-state index in [-0.39, 0.29) is 0 Å². The van der Waals surface area contributed by atoms with Crippen LogP contribution in [0, 0.1) is 0 Å². The molecule has 0 spiro atoms. The highest BCUT2D eigenvalue weighted by Crippen LogP contribution is 2.19. The fraction of sp³-hybridized carbons (Fsp3) is 0.250. The molecular formula is C12H11ClN4S. The molecule has 0 amide bonds. The highest BCUT2D eigenvalue weighted by atomic mass is 35.5. The Bertz CT molecular complexity index is 647. The third-order valence-corrected chi connectivity index (χ3v) is 3.70. The number of hydrogen-bond donors (Lipinski definition) is 0. The van der Waals surface area contributed by atoms with Gasteiger partial charge in [0.05, 0.1) is 23.8 Å². The van der Waals surface area contributed by atoms with Gasteiger partial charge in [-0.05, 0) is 6.07 Å². The number of halogens is 1. The number of aromatic nitrogens is 4. The molecule has 3 heterocycles. The summed E-state index contributed by atoms with van der Waals surface area (Å²) in [5.41, 5.74) is 3.86. The van der Waals surface area contributed by atoms with Crippen molar-refractivity contribution in [1.82, 2.24) is 19.5 Å². The molecule has 0 aromatic carbocycles. The van der Waals surface area contributed by atoms with Gasteiger partial charge in [0.1, 0.15) is 11.3 Å². The Morgan fingerprint density at radius 3 is 3.00 bits per heavy atom. The smallest absolute Gasteiger partial charge is 0.111 e. The topological polar surface area (TPSA) is 43.6 Å². The Hall–Kier alpha value is -1.46. The summed E-state index contributed by atoms with van der Waals surface area (Å²) >= 11 is 7.49. The summed E-state index contributed by atoms with van der Waals surface area (Å²) in [5.74, 6) is 1.57. The Morgan fingerprint density at radius 1 is 1.28 bits per heavy atom. The number of alkyl halides is 1.